The lowest BCUT2D eigenvalue weighted by molar-refractivity contribution is 0.459. The fraction of sp³-hybridized carbons (Fsp3) is 0.538. The average molecular weight is 205 g/mol. The summed E-state index contributed by atoms with van der Waals surface area (Å²) in [7, 11) is 0. The number of hydrogen-bond acceptors (Lipinski definition) is 2. The van der Waals surface area contributed by atoms with Crippen LogP contribution in [-0.2, 0) is 6.42 Å². The number of aromatic hydroxyl groups is 1. The molecule has 0 bridgehead atoms. The Morgan fingerprint density at radius 1 is 1.27 bits per heavy atom. The van der Waals surface area contributed by atoms with Crippen LogP contribution in [0.15, 0.2) is 12.1 Å². The highest BCUT2D eigenvalue weighted by molar-refractivity contribution is 5.44. The largest absolute Gasteiger partial charge is 0.507 e. The molecule has 2 rings (SSSR count). The first-order valence-corrected chi connectivity index (χ1v) is 5.59. The Kier molecular flexibility index (Phi) is 2.47. The Labute approximate surface area is 91.1 Å². The summed E-state index contributed by atoms with van der Waals surface area (Å²) in [6.45, 7) is 3.98. The third kappa shape index (κ3) is 2.15. The van der Waals surface area contributed by atoms with E-state index in [0.29, 0.717) is 5.75 Å². The van der Waals surface area contributed by atoms with Gasteiger partial charge in [-0.2, -0.15) is 0 Å². The quantitative estimate of drug-likeness (QED) is 0.796. The molecule has 1 aliphatic rings. The molecule has 2 heteroatoms. The molecule has 0 saturated heterocycles. The minimum absolute atomic E-state index is 0.0720. The summed E-state index contributed by atoms with van der Waals surface area (Å²) in [4.78, 5) is 0. The van der Waals surface area contributed by atoms with Gasteiger partial charge in [0.05, 0.1) is 0 Å². The lowest BCUT2D eigenvalue weighted by atomic mass is 9.97. The normalized spacial score (nSPS) is 17.8. The molecule has 82 valence electrons. The molecular weight excluding hydrogens is 186 g/mol. The fourth-order valence-electron chi connectivity index (χ4n) is 1.95. The van der Waals surface area contributed by atoms with Crippen LogP contribution in [0.25, 0.3) is 0 Å². The molecule has 0 heterocycles. The zero-order valence-electron chi connectivity index (χ0n) is 9.51. The molecule has 0 unspecified atom stereocenters. The molecule has 3 N–H and O–H groups in total. The van der Waals surface area contributed by atoms with Crippen molar-refractivity contribution >= 4 is 0 Å². The van der Waals surface area contributed by atoms with Gasteiger partial charge in [-0.3, -0.25) is 0 Å². The van der Waals surface area contributed by atoms with E-state index in [4.69, 9.17) is 5.73 Å². The summed E-state index contributed by atoms with van der Waals surface area (Å²) in [5.41, 5.74) is 9.32. The van der Waals surface area contributed by atoms with E-state index < -0.39 is 0 Å². The highest BCUT2D eigenvalue weighted by atomic mass is 16.3. The third-order valence-electron chi connectivity index (χ3n) is 3.48. The van der Waals surface area contributed by atoms with Gasteiger partial charge in [0, 0.05) is 5.54 Å². The van der Waals surface area contributed by atoms with Gasteiger partial charge in [0.2, 0.25) is 0 Å². The molecule has 2 nitrogen and oxygen atoms in total. The molecule has 1 saturated carbocycles. The second-order valence-electron chi connectivity index (χ2n) is 4.89. The van der Waals surface area contributed by atoms with Gasteiger partial charge in [-0.15, -0.1) is 0 Å². The van der Waals surface area contributed by atoms with Crippen LogP contribution in [0.5, 0.6) is 5.75 Å². The van der Waals surface area contributed by atoms with Crippen LogP contribution in [0, 0.1) is 13.8 Å². The van der Waals surface area contributed by atoms with E-state index in [1.54, 1.807) is 0 Å². The molecule has 0 amide bonds. The van der Waals surface area contributed by atoms with E-state index in [2.05, 4.69) is 6.07 Å². The molecular formula is C13H19NO. The fourth-order valence-corrected chi connectivity index (χ4v) is 1.95. The van der Waals surface area contributed by atoms with Crippen molar-refractivity contribution in [2.45, 2.75) is 45.1 Å². The molecule has 0 aromatic heterocycles. The summed E-state index contributed by atoms with van der Waals surface area (Å²) >= 11 is 0. The van der Waals surface area contributed by atoms with Gasteiger partial charge in [0.25, 0.3) is 0 Å². The predicted molar refractivity (Wildman–Crippen MR) is 62.1 cm³/mol. The van der Waals surface area contributed by atoms with Crippen molar-refractivity contribution in [3.63, 3.8) is 0 Å². The van der Waals surface area contributed by atoms with Crippen molar-refractivity contribution in [1.82, 2.24) is 0 Å². The van der Waals surface area contributed by atoms with Gasteiger partial charge < -0.3 is 10.8 Å². The van der Waals surface area contributed by atoms with E-state index in [1.165, 1.54) is 5.56 Å². The Morgan fingerprint density at radius 2 is 1.87 bits per heavy atom. The van der Waals surface area contributed by atoms with Gasteiger partial charge in [0.15, 0.2) is 0 Å². The number of nitrogens with two attached hydrogens (primary N) is 1. The Hall–Kier alpha value is -1.02. The molecule has 1 aromatic rings. The van der Waals surface area contributed by atoms with Crippen LogP contribution >= 0.6 is 0 Å². The average Bonchev–Trinajstić information content (AvgIpc) is 2.91. The van der Waals surface area contributed by atoms with E-state index in [0.717, 1.165) is 36.8 Å². The van der Waals surface area contributed by atoms with E-state index in [1.807, 2.05) is 19.9 Å². The minimum atomic E-state index is 0.0720. The highest BCUT2D eigenvalue weighted by Crippen LogP contribution is 2.38. The van der Waals surface area contributed by atoms with Crippen LogP contribution in [-0.4, -0.2) is 10.6 Å². The second kappa shape index (κ2) is 3.53. The lowest BCUT2D eigenvalue weighted by Crippen LogP contribution is -2.22. The van der Waals surface area contributed by atoms with Crippen LogP contribution in [0.4, 0.5) is 0 Å². The summed E-state index contributed by atoms with van der Waals surface area (Å²) in [6, 6.07) is 4.03. The van der Waals surface area contributed by atoms with E-state index >= 15 is 0 Å². The van der Waals surface area contributed by atoms with Gasteiger partial charge >= 0.3 is 0 Å². The lowest BCUT2D eigenvalue weighted by Gasteiger charge is -2.13. The number of benzene rings is 1. The van der Waals surface area contributed by atoms with Crippen molar-refractivity contribution in [3.05, 3.63) is 28.8 Å². The number of phenolic OH excluding ortho intramolecular Hbond substituents is 1. The molecule has 1 aromatic carbocycles. The first-order chi connectivity index (χ1) is 7.02. The standard InChI is InChI=1S/C13H19NO/c1-9-3-4-10(2)12(15)11(9)5-6-13(14)7-8-13/h3-4,15H,5-8,14H2,1-2H3. The predicted octanol–water partition coefficient (Wildman–Crippen LogP) is 2.43. The van der Waals surface area contributed by atoms with Crippen molar-refractivity contribution < 1.29 is 5.11 Å². The first kappa shape index (κ1) is 10.5. The molecule has 0 spiro atoms. The SMILES string of the molecule is Cc1ccc(C)c(CCC2(N)CC2)c1O. The zero-order valence-corrected chi connectivity index (χ0v) is 9.51. The van der Waals surface area contributed by atoms with Crippen LogP contribution in [0.1, 0.15) is 36.0 Å². The van der Waals surface area contributed by atoms with Crippen molar-refractivity contribution in [1.29, 1.82) is 0 Å². The molecule has 15 heavy (non-hydrogen) atoms. The number of aryl methyl sites for hydroxylation is 2. The second-order valence-corrected chi connectivity index (χ2v) is 4.89. The molecule has 1 fully saturated rings. The minimum Gasteiger partial charge on any atom is -0.507 e. The number of hydrogen-bond donors (Lipinski definition) is 2. The zero-order chi connectivity index (χ0) is 11.1. The molecule has 0 radical (unpaired) electrons. The number of rotatable bonds is 3. The van der Waals surface area contributed by atoms with Crippen molar-refractivity contribution in [2.24, 2.45) is 5.73 Å². The van der Waals surface area contributed by atoms with Crippen molar-refractivity contribution in [2.75, 3.05) is 0 Å². The van der Waals surface area contributed by atoms with Crippen LogP contribution in [0.3, 0.4) is 0 Å². The maximum atomic E-state index is 9.95. The van der Waals surface area contributed by atoms with Gasteiger partial charge in [0.1, 0.15) is 5.75 Å². The van der Waals surface area contributed by atoms with E-state index in [9.17, 15) is 5.11 Å². The molecule has 0 aliphatic heterocycles. The summed E-state index contributed by atoms with van der Waals surface area (Å²) < 4.78 is 0. The molecule has 1 aliphatic carbocycles. The topological polar surface area (TPSA) is 46.2 Å². The van der Waals surface area contributed by atoms with E-state index in [-0.39, 0.29) is 5.54 Å². The maximum absolute atomic E-state index is 9.95. The first-order valence-electron chi connectivity index (χ1n) is 5.59. The maximum Gasteiger partial charge on any atom is 0.121 e. The number of phenols is 1. The third-order valence-corrected chi connectivity index (χ3v) is 3.48. The monoisotopic (exact) mass is 205 g/mol. The Balaban J connectivity index is 2.16. The van der Waals surface area contributed by atoms with Gasteiger partial charge in [-0.05, 0) is 56.2 Å². The van der Waals surface area contributed by atoms with Gasteiger partial charge in [-0.1, -0.05) is 12.1 Å². The highest BCUT2D eigenvalue weighted by Gasteiger charge is 2.37. The Morgan fingerprint density at radius 3 is 2.47 bits per heavy atom. The van der Waals surface area contributed by atoms with Crippen LogP contribution < -0.4 is 5.73 Å². The van der Waals surface area contributed by atoms with Gasteiger partial charge in [-0.25, -0.2) is 0 Å². The summed E-state index contributed by atoms with van der Waals surface area (Å²) in [5.74, 6) is 0.458. The summed E-state index contributed by atoms with van der Waals surface area (Å²) in [5, 5.41) is 9.95. The van der Waals surface area contributed by atoms with Crippen LogP contribution in [0.2, 0.25) is 0 Å². The van der Waals surface area contributed by atoms with Crippen molar-refractivity contribution in [3.8, 4) is 5.75 Å². The summed E-state index contributed by atoms with van der Waals surface area (Å²) in [6.07, 6.45) is 4.16. The smallest absolute Gasteiger partial charge is 0.121 e. The molecule has 0 atom stereocenters. The Bertz CT molecular complexity index is 380.